The number of aryl methyl sites for hydroxylation is 1. The highest BCUT2D eigenvalue weighted by Gasteiger charge is 2.46. The van der Waals surface area contributed by atoms with Gasteiger partial charge in [-0.1, -0.05) is 12.1 Å². The molecule has 0 saturated carbocycles. The van der Waals surface area contributed by atoms with Crippen LogP contribution in [0.5, 0.6) is 5.75 Å². The summed E-state index contributed by atoms with van der Waals surface area (Å²) < 4.78 is 5.37. The van der Waals surface area contributed by atoms with Crippen molar-refractivity contribution >= 4 is 11.7 Å². The van der Waals surface area contributed by atoms with Gasteiger partial charge in [0.05, 0.1) is 6.10 Å². The first kappa shape index (κ1) is 13.1. The normalized spacial score (nSPS) is 25.0. The van der Waals surface area contributed by atoms with Gasteiger partial charge in [-0.2, -0.15) is 0 Å². The molecule has 2 saturated heterocycles. The van der Waals surface area contributed by atoms with Crippen molar-refractivity contribution in [2.24, 2.45) is 0 Å². The molecular formula is C15H17NO4. The van der Waals surface area contributed by atoms with E-state index < -0.39 is 0 Å². The van der Waals surface area contributed by atoms with E-state index in [9.17, 15) is 14.7 Å². The molecule has 2 heterocycles. The number of ketones is 1. The lowest BCUT2D eigenvalue weighted by molar-refractivity contribution is -0.136. The summed E-state index contributed by atoms with van der Waals surface area (Å²) in [7, 11) is 0. The number of rotatable bonds is 3. The molecule has 5 nitrogen and oxygen atoms in total. The number of fused-ring (bicyclic) bond motifs is 1. The number of carbonyl (C=O) groups is 2. The maximum absolute atomic E-state index is 12.2. The van der Waals surface area contributed by atoms with Crippen LogP contribution in [0, 0.1) is 0 Å². The summed E-state index contributed by atoms with van der Waals surface area (Å²) in [5.74, 6) is 0.242. The quantitative estimate of drug-likeness (QED) is 0.889. The molecule has 0 radical (unpaired) electrons. The molecule has 2 unspecified atom stereocenters. The zero-order chi connectivity index (χ0) is 14.1. The highest BCUT2D eigenvalue weighted by Crippen LogP contribution is 2.27. The molecule has 1 aromatic rings. The van der Waals surface area contributed by atoms with E-state index in [1.165, 1.54) is 0 Å². The van der Waals surface area contributed by atoms with Crippen LogP contribution >= 0.6 is 0 Å². The Labute approximate surface area is 117 Å². The van der Waals surface area contributed by atoms with Gasteiger partial charge in [-0.25, -0.2) is 0 Å². The van der Waals surface area contributed by atoms with Gasteiger partial charge in [-0.15, -0.1) is 0 Å². The van der Waals surface area contributed by atoms with E-state index in [2.05, 4.69) is 0 Å². The van der Waals surface area contributed by atoms with Gasteiger partial charge in [-0.3, -0.25) is 9.59 Å². The van der Waals surface area contributed by atoms with Crippen LogP contribution in [0.25, 0.3) is 0 Å². The van der Waals surface area contributed by atoms with Gasteiger partial charge in [0.15, 0.2) is 5.78 Å². The Morgan fingerprint density at radius 1 is 1.35 bits per heavy atom. The molecule has 5 heteroatoms. The Hall–Kier alpha value is -1.88. The molecule has 2 atom stereocenters. The number of Topliss-reactive ketones (excluding diaryl/α,β-unsaturated/α-hetero) is 1. The first-order valence-electron chi connectivity index (χ1n) is 6.87. The van der Waals surface area contributed by atoms with Gasteiger partial charge in [0, 0.05) is 13.0 Å². The van der Waals surface area contributed by atoms with Crippen molar-refractivity contribution in [3.8, 4) is 5.75 Å². The topological polar surface area (TPSA) is 66.8 Å². The summed E-state index contributed by atoms with van der Waals surface area (Å²) in [6, 6.07) is 6.47. The number of benzene rings is 1. The molecule has 2 aliphatic rings. The molecule has 0 aliphatic carbocycles. The zero-order valence-electron chi connectivity index (χ0n) is 11.1. The van der Waals surface area contributed by atoms with Crippen LogP contribution in [-0.2, 0) is 20.7 Å². The second-order valence-corrected chi connectivity index (χ2v) is 5.30. The van der Waals surface area contributed by atoms with Gasteiger partial charge in [0.2, 0.25) is 5.91 Å². The van der Waals surface area contributed by atoms with E-state index in [1.54, 1.807) is 29.2 Å². The Morgan fingerprint density at radius 3 is 2.85 bits per heavy atom. The monoisotopic (exact) mass is 275 g/mol. The third kappa shape index (κ3) is 2.41. The molecule has 2 aliphatic heterocycles. The number of aromatic hydroxyl groups is 1. The molecular weight excluding hydrogens is 258 g/mol. The van der Waals surface area contributed by atoms with Crippen molar-refractivity contribution in [1.82, 2.24) is 4.90 Å². The third-order valence-corrected chi connectivity index (χ3v) is 4.00. The van der Waals surface area contributed by atoms with Gasteiger partial charge >= 0.3 is 0 Å². The molecule has 1 amide bonds. The van der Waals surface area contributed by atoms with Crippen LogP contribution < -0.4 is 0 Å². The van der Waals surface area contributed by atoms with E-state index in [0.29, 0.717) is 19.4 Å². The lowest BCUT2D eigenvalue weighted by Crippen LogP contribution is -2.42. The molecule has 3 rings (SSSR count). The van der Waals surface area contributed by atoms with E-state index >= 15 is 0 Å². The van der Waals surface area contributed by atoms with Crippen molar-refractivity contribution in [1.29, 1.82) is 0 Å². The fourth-order valence-electron chi connectivity index (χ4n) is 2.93. The molecule has 20 heavy (non-hydrogen) atoms. The molecule has 1 N–H and O–H groups in total. The SMILES string of the molecule is O=C1COC2CCN(C(=O)CCc3ccc(O)cc3)C12. The highest BCUT2D eigenvalue weighted by molar-refractivity contribution is 5.92. The van der Waals surface area contributed by atoms with Crippen molar-refractivity contribution in [3.63, 3.8) is 0 Å². The van der Waals surface area contributed by atoms with Gasteiger partial charge in [0.1, 0.15) is 18.4 Å². The summed E-state index contributed by atoms with van der Waals surface area (Å²) >= 11 is 0. The summed E-state index contributed by atoms with van der Waals surface area (Å²) in [5.41, 5.74) is 1.00. The predicted octanol–water partition coefficient (Wildman–Crippen LogP) is 0.894. The lowest BCUT2D eigenvalue weighted by Gasteiger charge is -2.21. The van der Waals surface area contributed by atoms with E-state index in [-0.39, 0.29) is 36.2 Å². The van der Waals surface area contributed by atoms with Gasteiger partial charge in [-0.05, 0) is 30.5 Å². The van der Waals surface area contributed by atoms with Crippen LogP contribution in [0.15, 0.2) is 24.3 Å². The molecule has 0 spiro atoms. The zero-order valence-corrected chi connectivity index (χ0v) is 11.1. The molecule has 0 aromatic heterocycles. The van der Waals surface area contributed by atoms with Crippen molar-refractivity contribution < 1.29 is 19.4 Å². The smallest absolute Gasteiger partial charge is 0.223 e. The standard InChI is InChI=1S/C15H17NO4/c17-11-4-1-10(2-5-11)3-6-14(19)16-8-7-13-15(16)12(18)9-20-13/h1-2,4-5,13,15,17H,3,6-9H2. The molecule has 2 fully saturated rings. The summed E-state index contributed by atoms with van der Waals surface area (Å²) in [4.78, 5) is 25.6. The van der Waals surface area contributed by atoms with Crippen molar-refractivity contribution in [2.75, 3.05) is 13.2 Å². The third-order valence-electron chi connectivity index (χ3n) is 4.00. The van der Waals surface area contributed by atoms with Crippen molar-refractivity contribution in [2.45, 2.75) is 31.4 Å². The minimum atomic E-state index is -0.359. The fraction of sp³-hybridized carbons (Fsp3) is 0.467. The average Bonchev–Trinajstić information content (AvgIpc) is 3.01. The minimum Gasteiger partial charge on any atom is -0.508 e. The van der Waals surface area contributed by atoms with E-state index in [1.807, 2.05) is 0 Å². The number of likely N-dealkylation sites (tertiary alicyclic amines) is 1. The molecule has 0 bridgehead atoms. The molecule has 1 aromatic carbocycles. The maximum atomic E-state index is 12.2. The first-order chi connectivity index (χ1) is 9.65. The van der Waals surface area contributed by atoms with E-state index in [0.717, 1.165) is 12.0 Å². The molecule has 106 valence electrons. The number of carbonyl (C=O) groups excluding carboxylic acids is 2. The number of hydrogen-bond donors (Lipinski definition) is 1. The minimum absolute atomic E-state index is 0.00410. The summed E-state index contributed by atoms with van der Waals surface area (Å²) in [5, 5.41) is 9.21. The van der Waals surface area contributed by atoms with Crippen LogP contribution in [0.4, 0.5) is 0 Å². The Balaban J connectivity index is 1.59. The summed E-state index contributed by atoms with van der Waals surface area (Å²) in [6.07, 6.45) is 1.64. The number of amides is 1. The summed E-state index contributed by atoms with van der Waals surface area (Å²) in [6.45, 7) is 0.743. The average molecular weight is 275 g/mol. The maximum Gasteiger partial charge on any atom is 0.223 e. The number of phenolic OH excluding ortho intramolecular Hbond substituents is 1. The second-order valence-electron chi connectivity index (χ2n) is 5.30. The number of ether oxygens (including phenoxy) is 1. The Bertz CT molecular complexity index is 525. The van der Waals surface area contributed by atoms with Crippen LogP contribution in [0.1, 0.15) is 18.4 Å². The van der Waals surface area contributed by atoms with Crippen LogP contribution in [0.2, 0.25) is 0 Å². The highest BCUT2D eigenvalue weighted by atomic mass is 16.5. The van der Waals surface area contributed by atoms with Gasteiger partial charge in [0.25, 0.3) is 0 Å². The van der Waals surface area contributed by atoms with E-state index in [4.69, 9.17) is 4.74 Å². The second kappa shape index (κ2) is 5.25. The Morgan fingerprint density at radius 2 is 2.10 bits per heavy atom. The van der Waals surface area contributed by atoms with Gasteiger partial charge < -0.3 is 14.7 Å². The number of hydrogen-bond acceptors (Lipinski definition) is 4. The first-order valence-corrected chi connectivity index (χ1v) is 6.87. The lowest BCUT2D eigenvalue weighted by atomic mass is 10.1. The largest absolute Gasteiger partial charge is 0.508 e. The Kier molecular flexibility index (Phi) is 3.44. The number of nitrogens with zero attached hydrogens (tertiary/aromatic N) is 1. The number of phenols is 1. The van der Waals surface area contributed by atoms with Crippen LogP contribution in [0.3, 0.4) is 0 Å². The van der Waals surface area contributed by atoms with Crippen LogP contribution in [-0.4, -0.2) is 47.0 Å². The fourth-order valence-corrected chi connectivity index (χ4v) is 2.93. The predicted molar refractivity (Wildman–Crippen MR) is 71.3 cm³/mol. The van der Waals surface area contributed by atoms with Crippen molar-refractivity contribution in [3.05, 3.63) is 29.8 Å².